The van der Waals surface area contributed by atoms with Crippen LogP contribution in [-0.2, 0) is 0 Å². The largest absolute Gasteiger partial charge is 0.393 e. The van der Waals surface area contributed by atoms with Crippen molar-refractivity contribution in [3.05, 3.63) is 0 Å². The summed E-state index contributed by atoms with van der Waals surface area (Å²) < 4.78 is 0. The SMILES string of the molecule is CN[C@@H]1CC[C@@]2(C)[C@@H](CC[C@@H]3[C@@H]2CC[C@]2(C)[C@@H]([C@H](C)O)CC[C@@H]32)C1. The first-order chi connectivity index (χ1) is 11.4. The molecule has 0 aliphatic heterocycles. The van der Waals surface area contributed by atoms with Crippen LogP contribution in [0.5, 0.6) is 0 Å². The standard InChI is InChI=1S/C22H39NO/c1-14(24)18-7-8-19-17-6-5-15-13-16(23-4)9-11-21(15,2)20(17)10-12-22(18,19)3/h14-20,23-24H,5-13H2,1-4H3/t14-,15-,16+,17-,18+,19-,20-,21-,22+/m0/s1. The molecule has 4 rings (SSSR count). The molecule has 2 nitrogen and oxygen atoms in total. The number of fused-ring (bicyclic) bond motifs is 5. The van der Waals surface area contributed by atoms with E-state index >= 15 is 0 Å². The zero-order valence-electron chi connectivity index (χ0n) is 16.4. The van der Waals surface area contributed by atoms with Crippen LogP contribution in [0.2, 0.25) is 0 Å². The van der Waals surface area contributed by atoms with E-state index in [1.54, 1.807) is 0 Å². The van der Waals surface area contributed by atoms with E-state index in [1.807, 2.05) is 6.92 Å². The van der Waals surface area contributed by atoms with Gasteiger partial charge in [0.25, 0.3) is 0 Å². The topological polar surface area (TPSA) is 32.3 Å². The quantitative estimate of drug-likeness (QED) is 0.773. The molecule has 4 aliphatic rings. The maximum absolute atomic E-state index is 10.3. The van der Waals surface area contributed by atoms with Crippen molar-refractivity contribution < 1.29 is 5.11 Å². The highest BCUT2D eigenvalue weighted by atomic mass is 16.3. The maximum Gasteiger partial charge on any atom is 0.0545 e. The minimum absolute atomic E-state index is 0.116. The average Bonchev–Trinajstić information content (AvgIpc) is 2.91. The molecule has 0 spiro atoms. The molecular formula is C22H39NO. The van der Waals surface area contributed by atoms with Gasteiger partial charge < -0.3 is 10.4 Å². The molecule has 0 aromatic carbocycles. The van der Waals surface area contributed by atoms with Crippen molar-refractivity contribution in [1.82, 2.24) is 5.32 Å². The molecule has 4 fully saturated rings. The Morgan fingerprint density at radius 2 is 1.62 bits per heavy atom. The third-order valence-electron chi connectivity index (χ3n) is 9.73. The van der Waals surface area contributed by atoms with Crippen molar-refractivity contribution in [2.45, 2.75) is 90.7 Å². The first-order valence-corrected chi connectivity index (χ1v) is 10.8. The Bertz CT molecular complexity index is 477. The third kappa shape index (κ3) is 2.35. The average molecular weight is 334 g/mol. The van der Waals surface area contributed by atoms with E-state index in [0.717, 1.165) is 29.7 Å². The molecule has 4 aliphatic carbocycles. The summed E-state index contributed by atoms with van der Waals surface area (Å²) in [6.07, 6.45) is 12.5. The van der Waals surface area contributed by atoms with Crippen LogP contribution in [0.1, 0.15) is 78.6 Å². The van der Waals surface area contributed by atoms with Crippen LogP contribution in [0.3, 0.4) is 0 Å². The van der Waals surface area contributed by atoms with Gasteiger partial charge in [-0.3, -0.25) is 0 Å². The van der Waals surface area contributed by atoms with Gasteiger partial charge in [0.15, 0.2) is 0 Å². The number of rotatable bonds is 2. The summed E-state index contributed by atoms with van der Waals surface area (Å²) in [7, 11) is 2.15. The number of aliphatic hydroxyl groups is 1. The molecule has 2 heteroatoms. The molecule has 0 radical (unpaired) electrons. The summed E-state index contributed by atoms with van der Waals surface area (Å²) in [6.45, 7) is 7.23. The van der Waals surface area contributed by atoms with Gasteiger partial charge in [-0.15, -0.1) is 0 Å². The molecule has 9 atom stereocenters. The Kier molecular flexibility index (Phi) is 4.32. The smallest absolute Gasteiger partial charge is 0.0545 e. The van der Waals surface area contributed by atoms with Gasteiger partial charge in [0, 0.05) is 6.04 Å². The third-order valence-corrected chi connectivity index (χ3v) is 9.73. The van der Waals surface area contributed by atoms with E-state index in [2.05, 4.69) is 26.2 Å². The van der Waals surface area contributed by atoms with Crippen LogP contribution in [0.25, 0.3) is 0 Å². The molecule has 24 heavy (non-hydrogen) atoms. The number of aliphatic hydroxyl groups excluding tert-OH is 1. The second-order valence-corrected chi connectivity index (χ2v) is 10.4. The second kappa shape index (κ2) is 5.98. The summed E-state index contributed by atoms with van der Waals surface area (Å²) in [4.78, 5) is 0. The Morgan fingerprint density at radius 1 is 0.917 bits per heavy atom. The van der Waals surface area contributed by atoms with Crippen molar-refractivity contribution >= 4 is 0 Å². The van der Waals surface area contributed by atoms with Crippen molar-refractivity contribution in [2.24, 2.45) is 40.4 Å². The molecule has 0 saturated heterocycles. The Balaban J connectivity index is 1.58. The molecule has 0 aromatic heterocycles. The fourth-order valence-corrected chi connectivity index (χ4v) is 8.35. The van der Waals surface area contributed by atoms with Crippen molar-refractivity contribution in [3.63, 3.8) is 0 Å². The van der Waals surface area contributed by atoms with E-state index < -0.39 is 0 Å². The van der Waals surface area contributed by atoms with Gasteiger partial charge in [0.05, 0.1) is 6.10 Å². The lowest BCUT2D eigenvalue weighted by Crippen LogP contribution is -2.55. The second-order valence-electron chi connectivity index (χ2n) is 10.4. The van der Waals surface area contributed by atoms with Gasteiger partial charge in [-0.2, -0.15) is 0 Å². The number of nitrogens with one attached hydrogen (secondary N) is 1. The van der Waals surface area contributed by atoms with Crippen LogP contribution < -0.4 is 5.32 Å². The van der Waals surface area contributed by atoms with Gasteiger partial charge >= 0.3 is 0 Å². The van der Waals surface area contributed by atoms with Crippen LogP contribution in [0.15, 0.2) is 0 Å². The lowest BCUT2D eigenvalue weighted by atomic mass is 9.44. The zero-order chi connectivity index (χ0) is 17.1. The van der Waals surface area contributed by atoms with Crippen molar-refractivity contribution in [2.75, 3.05) is 7.05 Å². The van der Waals surface area contributed by atoms with Crippen LogP contribution in [0.4, 0.5) is 0 Å². The fourth-order valence-electron chi connectivity index (χ4n) is 8.35. The highest BCUT2D eigenvalue weighted by Crippen LogP contribution is 2.67. The number of hydrogen-bond donors (Lipinski definition) is 2. The predicted molar refractivity (Wildman–Crippen MR) is 99.7 cm³/mol. The van der Waals surface area contributed by atoms with Crippen LogP contribution in [0, 0.1) is 40.4 Å². The molecule has 4 saturated carbocycles. The van der Waals surface area contributed by atoms with Gasteiger partial charge in [-0.25, -0.2) is 0 Å². The molecular weight excluding hydrogens is 294 g/mol. The molecule has 2 N–H and O–H groups in total. The minimum atomic E-state index is -0.116. The monoisotopic (exact) mass is 333 g/mol. The first kappa shape index (κ1) is 17.3. The van der Waals surface area contributed by atoms with Gasteiger partial charge in [0.2, 0.25) is 0 Å². The lowest BCUT2D eigenvalue weighted by Gasteiger charge is -2.61. The lowest BCUT2D eigenvalue weighted by molar-refractivity contribution is -0.121. The molecule has 0 amide bonds. The summed E-state index contributed by atoms with van der Waals surface area (Å²) in [5.74, 6) is 4.28. The molecule has 0 aromatic rings. The molecule has 0 unspecified atom stereocenters. The Morgan fingerprint density at radius 3 is 2.33 bits per heavy atom. The fraction of sp³-hybridized carbons (Fsp3) is 1.00. The molecule has 0 bridgehead atoms. The first-order valence-electron chi connectivity index (χ1n) is 10.8. The van der Waals surface area contributed by atoms with E-state index in [4.69, 9.17) is 0 Å². The summed E-state index contributed by atoms with van der Waals surface area (Å²) >= 11 is 0. The van der Waals surface area contributed by atoms with E-state index in [1.165, 1.54) is 57.8 Å². The predicted octanol–water partition coefficient (Wildman–Crippen LogP) is 4.61. The minimum Gasteiger partial charge on any atom is -0.393 e. The normalized spacial score (nSPS) is 55.4. The highest BCUT2D eigenvalue weighted by molar-refractivity contribution is 5.10. The van der Waals surface area contributed by atoms with Gasteiger partial charge in [-0.05, 0) is 112 Å². The van der Waals surface area contributed by atoms with Crippen LogP contribution in [-0.4, -0.2) is 24.3 Å². The van der Waals surface area contributed by atoms with Crippen LogP contribution >= 0.6 is 0 Å². The molecule has 0 heterocycles. The van der Waals surface area contributed by atoms with Crippen molar-refractivity contribution in [3.8, 4) is 0 Å². The van der Waals surface area contributed by atoms with Crippen molar-refractivity contribution in [1.29, 1.82) is 0 Å². The summed E-state index contributed by atoms with van der Waals surface area (Å²) in [5.41, 5.74) is 1.02. The van der Waals surface area contributed by atoms with E-state index in [0.29, 0.717) is 16.7 Å². The van der Waals surface area contributed by atoms with E-state index in [9.17, 15) is 5.11 Å². The molecule has 138 valence electrons. The Labute approximate surface area is 149 Å². The maximum atomic E-state index is 10.3. The highest BCUT2D eigenvalue weighted by Gasteiger charge is 2.60. The van der Waals surface area contributed by atoms with Gasteiger partial charge in [0.1, 0.15) is 0 Å². The van der Waals surface area contributed by atoms with Gasteiger partial charge in [-0.1, -0.05) is 13.8 Å². The zero-order valence-corrected chi connectivity index (χ0v) is 16.4. The Hall–Kier alpha value is -0.0800. The summed E-state index contributed by atoms with van der Waals surface area (Å²) in [5, 5.41) is 13.9. The summed E-state index contributed by atoms with van der Waals surface area (Å²) in [6, 6.07) is 0.764. The number of hydrogen-bond acceptors (Lipinski definition) is 2. The van der Waals surface area contributed by atoms with E-state index in [-0.39, 0.29) is 6.10 Å².